The van der Waals surface area contributed by atoms with Gasteiger partial charge in [0.15, 0.2) is 0 Å². The van der Waals surface area contributed by atoms with E-state index in [1.807, 2.05) is 11.8 Å². The summed E-state index contributed by atoms with van der Waals surface area (Å²) in [7, 11) is 0. The maximum Gasteiger partial charge on any atom is 0.0558 e. The van der Waals surface area contributed by atoms with Crippen molar-refractivity contribution in [2.24, 2.45) is 0 Å². The van der Waals surface area contributed by atoms with Crippen molar-refractivity contribution in [1.29, 1.82) is 0 Å². The predicted octanol–water partition coefficient (Wildman–Crippen LogP) is 3.89. The number of aliphatic hydroxyl groups excluding tert-OH is 1. The third-order valence-corrected chi connectivity index (χ3v) is 6.65. The molecule has 0 radical (unpaired) electrons. The van der Waals surface area contributed by atoms with E-state index < -0.39 is 0 Å². The van der Waals surface area contributed by atoms with E-state index in [4.69, 9.17) is 5.11 Å². The molecule has 2 aliphatic rings. The molecule has 0 aromatic heterocycles. The Labute approximate surface area is 166 Å². The summed E-state index contributed by atoms with van der Waals surface area (Å²) >= 11 is 1.88. The highest BCUT2D eigenvalue weighted by Crippen LogP contribution is 2.45. The average Bonchev–Trinajstić information content (AvgIpc) is 2.69. The first-order valence-corrected chi connectivity index (χ1v) is 10.7. The molecule has 1 N–H and O–H groups in total. The van der Waals surface area contributed by atoms with Gasteiger partial charge in [0, 0.05) is 49.1 Å². The number of hydrogen-bond acceptors (Lipinski definition) is 4. The van der Waals surface area contributed by atoms with Gasteiger partial charge >= 0.3 is 0 Å². The Morgan fingerprint density at radius 3 is 2.41 bits per heavy atom. The second kappa shape index (κ2) is 8.61. The zero-order valence-corrected chi connectivity index (χ0v) is 16.8. The van der Waals surface area contributed by atoms with E-state index in [0.717, 1.165) is 45.7 Å². The Kier molecular flexibility index (Phi) is 5.98. The molecule has 4 heteroatoms. The second-order valence-electron chi connectivity index (χ2n) is 7.41. The standard InChI is InChI=1S/C23H28N2OS/c1-18-8-9-23-21(17-18)19(20-5-2-3-7-22(20)27-23)6-4-10-24-11-13-25(14-12-24)15-16-26/h2-3,5-9,17,26H,4,10-16H2,1H3. The molecule has 2 aromatic carbocycles. The van der Waals surface area contributed by atoms with Gasteiger partial charge in [0.25, 0.3) is 0 Å². The van der Waals surface area contributed by atoms with Gasteiger partial charge in [-0.3, -0.25) is 4.90 Å². The first kappa shape index (κ1) is 18.8. The highest BCUT2D eigenvalue weighted by molar-refractivity contribution is 7.99. The number of aliphatic hydroxyl groups is 1. The first-order valence-electron chi connectivity index (χ1n) is 9.88. The topological polar surface area (TPSA) is 26.7 Å². The minimum absolute atomic E-state index is 0.266. The minimum atomic E-state index is 0.266. The summed E-state index contributed by atoms with van der Waals surface area (Å²) in [5.41, 5.74) is 5.46. The third-order valence-electron chi connectivity index (χ3n) is 5.50. The Hall–Kier alpha value is -1.59. The van der Waals surface area contributed by atoms with Crippen LogP contribution < -0.4 is 0 Å². The lowest BCUT2D eigenvalue weighted by Crippen LogP contribution is -2.47. The van der Waals surface area contributed by atoms with E-state index in [-0.39, 0.29) is 6.61 Å². The smallest absolute Gasteiger partial charge is 0.0558 e. The van der Waals surface area contributed by atoms with Gasteiger partial charge in [-0.1, -0.05) is 53.7 Å². The summed E-state index contributed by atoms with van der Waals surface area (Å²) < 4.78 is 0. The molecule has 1 saturated heterocycles. The molecule has 0 spiro atoms. The van der Waals surface area contributed by atoms with Gasteiger partial charge in [-0.05, 0) is 42.2 Å². The van der Waals surface area contributed by atoms with Crippen LogP contribution in [-0.2, 0) is 0 Å². The normalized spacial score (nSPS) is 19.1. The summed E-state index contributed by atoms with van der Waals surface area (Å²) in [6, 6.07) is 15.6. The van der Waals surface area contributed by atoms with Gasteiger partial charge in [0.2, 0.25) is 0 Å². The van der Waals surface area contributed by atoms with Crippen LogP contribution in [0.15, 0.2) is 58.3 Å². The van der Waals surface area contributed by atoms with E-state index in [9.17, 15) is 0 Å². The van der Waals surface area contributed by atoms with Crippen LogP contribution in [0.2, 0.25) is 0 Å². The van der Waals surface area contributed by atoms with Crippen molar-refractivity contribution in [3.8, 4) is 0 Å². The molecule has 142 valence electrons. The van der Waals surface area contributed by atoms with Crippen molar-refractivity contribution >= 4 is 17.3 Å². The number of hydrogen-bond donors (Lipinski definition) is 1. The highest BCUT2D eigenvalue weighted by Gasteiger charge is 2.21. The van der Waals surface area contributed by atoms with Crippen molar-refractivity contribution < 1.29 is 5.11 Å². The number of benzene rings is 2. The number of rotatable bonds is 5. The Bertz CT molecular complexity index is 825. The van der Waals surface area contributed by atoms with Crippen LogP contribution in [0.4, 0.5) is 0 Å². The zero-order valence-electron chi connectivity index (χ0n) is 16.0. The van der Waals surface area contributed by atoms with Crippen molar-refractivity contribution in [3.05, 3.63) is 65.2 Å². The molecule has 0 atom stereocenters. The Morgan fingerprint density at radius 1 is 0.926 bits per heavy atom. The Balaban J connectivity index is 1.49. The third kappa shape index (κ3) is 4.30. The fourth-order valence-corrected chi connectivity index (χ4v) is 5.06. The maximum absolute atomic E-state index is 9.09. The van der Waals surface area contributed by atoms with E-state index in [2.05, 4.69) is 65.3 Å². The number of aryl methyl sites for hydroxylation is 1. The summed E-state index contributed by atoms with van der Waals surface area (Å²) in [6.45, 7) is 8.70. The summed E-state index contributed by atoms with van der Waals surface area (Å²) in [4.78, 5) is 7.62. The lowest BCUT2D eigenvalue weighted by atomic mass is 9.95. The molecular formula is C23H28N2OS. The molecule has 1 fully saturated rings. The molecule has 0 bridgehead atoms. The summed E-state index contributed by atoms with van der Waals surface area (Å²) in [5, 5.41) is 9.09. The molecular weight excluding hydrogens is 352 g/mol. The summed E-state index contributed by atoms with van der Waals surface area (Å²) in [5.74, 6) is 0. The van der Waals surface area contributed by atoms with E-state index in [0.29, 0.717) is 0 Å². The van der Waals surface area contributed by atoms with Crippen LogP contribution in [0, 0.1) is 6.92 Å². The lowest BCUT2D eigenvalue weighted by molar-refractivity contribution is 0.114. The largest absolute Gasteiger partial charge is 0.395 e. The first-order chi connectivity index (χ1) is 13.2. The van der Waals surface area contributed by atoms with Crippen molar-refractivity contribution in [2.75, 3.05) is 45.9 Å². The predicted molar refractivity (Wildman–Crippen MR) is 113 cm³/mol. The quantitative estimate of drug-likeness (QED) is 0.726. The molecule has 2 aromatic rings. The van der Waals surface area contributed by atoms with Crippen molar-refractivity contribution in [3.63, 3.8) is 0 Å². The second-order valence-corrected chi connectivity index (χ2v) is 8.49. The molecule has 2 heterocycles. The Morgan fingerprint density at radius 2 is 1.63 bits per heavy atom. The van der Waals surface area contributed by atoms with Gasteiger partial charge in [0.05, 0.1) is 6.61 Å². The van der Waals surface area contributed by atoms with E-state index >= 15 is 0 Å². The number of nitrogens with zero attached hydrogens (tertiary/aromatic N) is 2. The molecule has 2 aliphatic heterocycles. The van der Waals surface area contributed by atoms with Crippen LogP contribution in [0.5, 0.6) is 0 Å². The van der Waals surface area contributed by atoms with E-state index in [1.54, 1.807) is 0 Å². The van der Waals surface area contributed by atoms with Crippen LogP contribution >= 0.6 is 11.8 Å². The highest BCUT2D eigenvalue weighted by atomic mass is 32.2. The number of piperazine rings is 1. The van der Waals surface area contributed by atoms with Crippen LogP contribution in [-0.4, -0.2) is 60.8 Å². The van der Waals surface area contributed by atoms with Gasteiger partial charge in [0.1, 0.15) is 0 Å². The van der Waals surface area contributed by atoms with Gasteiger partial charge in [-0.25, -0.2) is 0 Å². The van der Waals surface area contributed by atoms with Gasteiger partial charge in [-0.2, -0.15) is 0 Å². The molecule has 27 heavy (non-hydrogen) atoms. The summed E-state index contributed by atoms with van der Waals surface area (Å²) in [6.07, 6.45) is 3.51. The minimum Gasteiger partial charge on any atom is -0.395 e. The molecule has 3 nitrogen and oxygen atoms in total. The van der Waals surface area contributed by atoms with Crippen LogP contribution in [0.1, 0.15) is 23.1 Å². The monoisotopic (exact) mass is 380 g/mol. The van der Waals surface area contributed by atoms with Gasteiger partial charge in [-0.15, -0.1) is 0 Å². The fraction of sp³-hybridized carbons (Fsp3) is 0.391. The number of β-amino-alcohol motifs (C(OH)–C–C–N with tert-alkyl or cyclic N) is 1. The number of fused-ring (bicyclic) bond motifs is 2. The fourth-order valence-electron chi connectivity index (χ4n) is 3.97. The van der Waals surface area contributed by atoms with Crippen molar-refractivity contribution in [1.82, 2.24) is 9.80 Å². The van der Waals surface area contributed by atoms with Gasteiger partial charge < -0.3 is 10.0 Å². The van der Waals surface area contributed by atoms with Crippen LogP contribution in [0.3, 0.4) is 0 Å². The zero-order chi connectivity index (χ0) is 18.6. The molecule has 0 saturated carbocycles. The maximum atomic E-state index is 9.09. The molecule has 0 unspecified atom stereocenters. The average molecular weight is 381 g/mol. The lowest BCUT2D eigenvalue weighted by Gasteiger charge is -2.34. The van der Waals surface area contributed by atoms with E-state index in [1.165, 1.54) is 32.1 Å². The molecule has 0 aliphatic carbocycles. The molecule has 0 amide bonds. The molecule has 4 rings (SSSR count). The van der Waals surface area contributed by atoms with Crippen molar-refractivity contribution in [2.45, 2.75) is 23.1 Å². The van der Waals surface area contributed by atoms with Crippen LogP contribution in [0.25, 0.3) is 5.57 Å². The SMILES string of the molecule is Cc1ccc2c(c1)C(=CCCN1CCN(CCO)CC1)c1ccccc1S2.